The van der Waals surface area contributed by atoms with Gasteiger partial charge >= 0.3 is 11.8 Å². The molecule has 0 spiro atoms. The van der Waals surface area contributed by atoms with E-state index in [1.807, 2.05) is 0 Å². The molecule has 2 rings (SSSR count). The van der Waals surface area contributed by atoms with Crippen LogP contribution in [0.2, 0.25) is 0 Å². The van der Waals surface area contributed by atoms with Crippen LogP contribution >= 0.6 is 0 Å². The zero-order valence-corrected chi connectivity index (χ0v) is 11.5. The molecule has 0 bridgehead atoms. The summed E-state index contributed by atoms with van der Waals surface area (Å²) in [4.78, 5) is 11.3. The third-order valence-corrected chi connectivity index (χ3v) is 3.05. The van der Waals surface area contributed by atoms with Crippen LogP contribution < -0.4 is 10.4 Å². The molecule has 1 heterocycles. The van der Waals surface area contributed by atoms with E-state index in [0.717, 1.165) is 10.9 Å². The van der Waals surface area contributed by atoms with Crippen molar-refractivity contribution in [3.8, 4) is 5.75 Å². The molecule has 0 saturated heterocycles. The van der Waals surface area contributed by atoms with Gasteiger partial charge in [-0.05, 0) is 37.5 Å². The lowest BCUT2D eigenvalue weighted by Gasteiger charge is -2.08. The minimum Gasteiger partial charge on any atom is -0.493 e. The Morgan fingerprint density at radius 2 is 1.95 bits per heavy atom. The van der Waals surface area contributed by atoms with Gasteiger partial charge in [-0.1, -0.05) is 0 Å². The maximum absolute atomic E-state index is 12.0. The summed E-state index contributed by atoms with van der Waals surface area (Å²) < 4.78 is 46.4. The zero-order valence-electron chi connectivity index (χ0n) is 11.5. The first-order chi connectivity index (χ1) is 9.85. The Hall–Kier alpha value is -1.98. The lowest BCUT2D eigenvalue weighted by Crippen LogP contribution is -2.07. The number of alkyl halides is 3. The first-order valence-electron chi connectivity index (χ1n) is 6.59. The highest BCUT2D eigenvalue weighted by Crippen LogP contribution is 2.24. The number of aryl methyl sites for hydroxylation is 1. The fourth-order valence-corrected chi connectivity index (χ4v) is 2.01. The summed E-state index contributed by atoms with van der Waals surface area (Å²) in [6, 6.07) is 6.45. The Labute approximate surface area is 119 Å². The van der Waals surface area contributed by atoms with Gasteiger partial charge in [0, 0.05) is 23.9 Å². The second-order valence-corrected chi connectivity index (χ2v) is 4.83. The molecular weight excluding hydrogens is 285 g/mol. The quantitative estimate of drug-likeness (QED) is 0.613. The van der Waals surface area contributed by atoms with Crippen molar-refractivity contribution in [3.05, 3.63) is 40.2 Å². The molecule has 1 aromatic carbocycles. The van der Waals surface area contributed by atoms with E-state index in [4.69, 9.17) is 9.15 Å². The Kier molecular flexibility index (Phi) is 4.55. The van der Waals surface area contributed by atoms with Crippen LogP contribution in [0.5, 0.6) is 5.75 Å². The normalized spacial score (nSPS) is 11.8. The number of halogens is 3. The Morgan fingerprint density at radius 3 is 2.67 bits per heavy atom. The molecule has 0 radical (unpaired) electrons. The fourth-order valence-electron chi connectivity index (χ4n) is 2.01. The molecule has 0 N–H and O–H groups in total. The van der Waals surface area contributed by atoms with Crippen molar-refractivity contribution >= 4 is 11.0 Å². The highest BCUT2D eigenvalue weighted by atomic mass is 19.4. The monoisotopic (exact) mass is 300 g/mol. The molecule has 0 aliphatic carbocycles. The average Bonchev–Trinajstić information content (AvgIpc) is 2.36. The molecule has 3 nitrogen and oxygen atoms in total. The highest BCUT2D eigenvalue weighted by Gasteiger charge is 2.25. The summed E-state index contributed by atoms with van der Waals surface area (Å²) in [5, 5.41) is 0.805. The van der Waals surface area contributed by atoms with Crippen molar-refractivity contribution in [2.45, 2.75) is 32.4 Å². The van der Waals surface area contributed by atoms with Crippen LogP contribution in [-0.4, -0.2) is 12.8 Å². The van der Waals surface area contributed by atoms with E-state index in [-0.39, 0.29) is 13.0 Å². The van der Waals surface area contributed by atoms with Gasteiger partial charge in [0.15, 0.2) is 0 Å². The fraction of sp³-hybridized carbons (Fsp3) is 0.400. The number of fused-ring (bicyclic) bond motifs is 1. The van der Waals surface area contributed by atoms with Gasteiger partial charge in [0.2, 0.25) is 0 Å². The molecule has 0 aliphatic rings. The molecule has 6 heteroatoms. The third kappa shape index (κ3) is 4.51. The summed E-state index contributed by atoms with van der Waals surface area (Å²) in [6.07, 6.45) is -4.58. The predicted octanol–water partition coefficient (Wildman–Crippen LogP) is 4.21. The zero-order chi connectivity index (χ0) is 15.5. The molecule has 0 saturated carbocycles. The molecule has 21 heavy (non-hydrogen) atoms. The number of unbranched alkanes of at least 4 members (excludes halogenated alkanes) is 1. The lowest BCUT2D eigenvalue weighted by atomic mass is 10.1. The van der Waals surface area contributed by atoms with Crippen molar-refractivity contribution in [3.63, 3.8) is 0 Å². The first kappa shape index (κ1) is 15.4. The van der Waals surface area contributed by atoms with Gasteiger partial charge in [-0.15, -0.1) is 0 Å². The molecular formula is C15H15F3O3. The Bertz CT molecular complexity index is 674. The summed E-state index contributed by atoms with van der Waals surface area (Å²) >= 11 is 0. The van der Waals surface area contributed by atoms with E-state index in [1.54, 1.807) is 25.1 Å². The van der Waals surface area contributed by atoms with Crippen molar-refractivity contribution in [1.82, 2.24) is 0 Å². The average molecular weight is 300 g/mol. The Balaban J connectivity index is 1.96. The van der Waals surface area contributed by atoms with Crippen LogP contribution in [-0.2, 0) is 0 Å². The highest BCUT2D eigenvalue weighted by molar-refractivity contribution is 5.81. The molecule has 0 atom stereocenters. The number of benzene rings is 1. The Morgan fingerprint density at radius 1 is 1.19 bits per heavy atom. The van der Waals surface area contributed by atoms with Gasteiger partial charge in [0.1, 0.15) is 11.3 Å². The molecule has 0 aliphatic heterocycles. The van der Waals surface area contributed by atoms with Crippen molar-refractivity contribution in [1.29, 1.82) is 0 Å². The molecule has 0 unspecified atom stereocenters. The maximum atomic E-state index is 12.0. The van der Waals surface area contributed by atoms with E-state index in [0.29, 0.717) is 17.8 Å². The van der Waals surface area contributed by atoms with Crippen LogP contribution in [0, 0.1) is 6.92 Å². The van der Waals surface area contributed by atoms with Crippen LogP contribution in [0.25, 0.3) is 11.0 Å². The lowest BCUT2D eigenvalue weighted by molar-refractivity contribution is -0.135. The van der Waals surface area contributed by atoms with Crippen molar-refractivity contribution in [2.24, 2.45) is 0 Å². The predicted molar refractivity (Wildman–Crippen MR) is 72.6 cm³/mol. The molecule has 1 aromatic heterocycles. The largest absolute Gasteiger partial charge is 0.493 e. The summed E-state index contributed by atoms with van der Waals surface area (Å²) in [5.74, 6) is 0.475. The second-order valence-electron chi connectivity index (χ2n) is 4.83. The number of ether oxygens (including phenoxy) is 1. The third-order valence-electron chi connectivity index (χ3n) is 3.05. The van der Waals surface area contributed by atoms with E-state index in [1.165, 1.54) is 6.07 Å². The van der Waals surface area contributed by atoms with E-state index in [9.17, 15) is 18.0 Å². The van der Waals surface area contributed by atoms with Crippen molar-refractivity contribution < 1.29 is 22.3 Å². The van der Waals surface area contributed by atoms with Gasteiger partial charge in [-0.3, -0.25) is 0 Å². The number of rotatable bonds is 5. The molecule has 114 valence electrons. The van der Waals surface area contributed by atoms with Crippen molar-refractivity contribution in [2.75, 3.05) is 6.61 Å². The van der Waals surface area contributed by atoms with E-state index in [2.05, 4.69) is 0 Å². The summed E-state index contributed by atoms with van der Waals surface area (Å²) in [7, 11) is 0. The second kappa shape index (κ2) is 6.20. The van der Waals surface area contributed by atoms with Gasteiger partial charge < -0.3 is 9.15 Å². The first-order valence-corrected chi connectivity index (χ1v) is 6.59. The number of hydrogen-bond acceptors (Lipinski definition) is 3. The topological polar surface area (TPSA) is 39.4 Å². The SMILES string of the molecule is Cc1cc(=O)oc2cc(OCCCCC(F)(F)F)ccc12. The van der Waals surface area contributed by atoms with Gasteiger partial charge in [-0.2, -0.15) is 13.2 Å². The summed E-state index contributed by atoms with van der Waals surface area (Å²) in [5.41, 5.74) is 0.771. The van der Waals surface area contributed by atoms with E-state index < -0.39 is 18.2 Å². The minimum atomic E-state index is -4.12. The number of hydrogen-bond donors (Lipinski definition) is 0. The molecule has 0 fully saturated rings. The van der Waals surface area contributed by atoms with Gasteiger partial charge in [0.05, 0.1) is 6.61 Å². The van der Waals surface area contributed by atoms with Crippen LogP contribution in [0.3, 0.4) is 0 Å². The van der Waals surface area contributed by atoms with Crippen LogP contribution in [0.15, 0.2) is 33.5 Å². The standard InChI is InChI=1S/C15H15F3O3/c1-10-8-14(19)21-13-9-11(4-5-12(10)13)20-7-3-2-6-15(16,17)18/h4-5,8-9H,2-3,6-7H2,1H3. The summed E-state index contributed by atoms with van der Waals surface area (Å²) in [6.45, 7) is 1.99. The van der Waals surface area contributed by atoms with E-state index >= 15 is 0 Å². The molecule has 2 aromatic rings. The van der Waals surface area contributed by atoms with Crippen LogP contribution in [0.1, 0.15) is 24.8 Å². The van der Waals surface area contributed by atoms with Gasteiger partial charge in [-0.25, -0.2) is 4.79 Å². The minimum absolute atomic E-state index is 0.0330. The van der Waals surface area contributed by atoms with Crippen LogP contribution in [0.4, 0.5) is 13.2 Å². The molecule has 0 amide bonds. The maximum Gasteiger partial charge on any atom is 0.389 e. The smallest absolute Gasteiger partial charge is 0.389 e. The van der Waals surface area contributed by atoms with Gasteiger partial charge in [0.25, 0.3) is 0 Å².